The second kappa shape index (κ2) is 8.34. The number of nitrogens with zero attached hydrogens (tertiary/aromatic N) is 1. The van der Waals surface area contributed by atoms with Gasteiger partial charge in [-0.1, -0.05) is 0 Å². The average molecular weight is 248 g/mol. The molecule has 0 saturated heterocycles. The Bertz CT molecular complexity index is 281. The smallest absolute Gasteiger partial charge is 0.325 e. The van der Waals surface area contributed by atoms with Gasteiger partial charge < -0.3 is 24.8 Å². The molecule has 0 unspecified atom stereocenters. The van der Waals surface area contributed by atoms with Gasteiger partial charge in [0, 0.05) is 13.7 Å². The van der Waals surface area contributed by atoms with Crippen LogP contribution in [0, 0.1) is 0 Å². The summed E-state index contributed by atoms with van der Waals surface area (Å²) in [7, 11) is 2.62. The maximum Gasteiger partial charge on any atom is 0.325 e. The molecule has 0 saturated carbocycles. The van der Waals surface area contributed by atoms with Gasteiger partial charge in [0.15, 0.2) is 0 Å². The highest BCUT2D eigenvalue weighted by molar-refractivity contribution is 5.83. The van der Waals surface area contributed by atoms with E-state index in [1.165, 1.54) is 14.2 Å². The van der Waals surface area contributed by atoms with Crippen LogP contribution in [0.1, 0.15) is 0 Å². The average Bonchev–Trinajstić information content (AvgIpc) is 2.30. The number of carbonyl (C=O) groups excluding carboxylic acids is 2. The summed E-state index contributed by atoms with van der Waals surface area (Å²) in [6.07, 6.45) is 0. The molecule has 8 nitrogen and oxygen atoms in total. The van der Waals surface area contributed by atoms with E-state index in [4.69, 9.17) is 9.84 Å². The molecule has 0 aromatic carbocycles. The molecule has 0 aromatic heterocycles. The number of carboxylic acids is 1. The fourth-order valence-electron chi connectivity index (χ4n) is 0.949. The normalized spacial score (nSPS) is 9.53. The number of carboxylic acid groups (broad SMARTS) is 1. The highest BCUT2D eigenvalue weighted by atomic mass is 16.5. The number of methoxy groups -OCH3 is 2. The lowest BCUT2D eigenvalue weighted by atomic mass is 10.5. The molecule has 17 heavy (non-hydrogen) atoms. The Balaban J connectivity index is 4.20. The lowest BCUT2D eigenvalue weighted by molar-refractivity contribution is -0.139. The molecule has 0 heterocycles. The number of hydrogen-bond acceptors (Lipinski definition) is 5. The molecule has 2 N–H and O–H groups in total. The Morgan fingerprint density at radius 3 is 2.41 bits per heavy atom. The van der Waals surface area contributed by atoms with E-state index in [9.17, 15) is 14.4 Å². The summed E-state index contributed by atoms with van der Waals surface area (Å²) in [4.78, 5) is 33.8. The van der Waals surface area contributed by atoms with E-state index >= 15 is 0 Å². The minimum atomic E-state index is -1.14. The standard InChI is InChI=1S/C9H16N2O6/c1-16-4-3-11(6-7(12)13)9(15)10-5-8(14)17-2/h3-6H2,1-2H3,(H,10,15)(H,12,13). The van der Waals surface area contributed by atoms with Crippen molar-refractivity contribution in [1.82, 2.24) is 10.2 Å². The van der Waals surface area contributed by atoms with Crippen molar-refractivity contribution >= 4 is 18.0 Å². The zero-order valence-corrected chi connectivity index (χ0v) is 9.76. The highest BCUT2D eigenvalue weighted by Gasteiger charge is 2.16. The SMILES string of the molecule is COCCN(CC(=O)O)C(=O)NCC(=O)OC. The summed E-state index contributed by atoms with van der Waals surface area (Å²) in [5.41, 5.74) is 0. The maximum atomic E-state index is 11.5. The molecular weight excluding hydrogens is 232 g/mol. The van der Waals surface area contributed by atoms with Gasteiger partial charge in [0.25, 0.3) is 0 Å². The number of carbonyl (C=O) groups is 3. The van der Waals surface area contributed by atoms with Crippen LogP contribution >= 0.6 is 0 Å². The molecule has 0 fully saturated rings. The number of urea groups is 1. The first-order valence-corrected chi connectivity index (χ1v) is 4.81. The fraction of sp³-hybridized carbons (Fsp3) is 0.667. The van der Waals surface area contributed by atoms with Gasteiger partial charge in [-0.25, -0.2) is 4.79 Å². The van der Waals surface area contributed by atoms with Crippen molar-refractivity contribution in [1.29, 1.82) is 0 Å². The van der Waals surface area contributed by atoms with E-state index in [0.29, 0.717) is 0 Å². The van der Waals surface area contributed by atoms with Gasteiger partial charge in [-0.2, -0.15) is 0 Å². The van der Waals surface area contributed by atoms with Crippen LogP contribution in [-0.2, 0) is 19.1 Å². The van der Waals surface area contributed by atoms with Crippen molar-refractivity contribution in [3.8, 4) is 0 Å². The molecule has 0 aliphatic heterocycles. The Morgan fingerprint density at radius 1 is 1.29 bits per heavy atom. The number of amides is 2. The van der Waals surface area contributed by atoms with Gasteiger partial charge in [0.1, 0.15) is 13.1 Å². The zero-order valence-electron chi connectivity index (χ0n) is 9.76. The maximum absolute atomic E-state index is 11.5. The molecule has 8 heteroatoms. The summed E-state index contributed by atoms with van der Waals surface area (Å²) in [6, 6.07) is -0.658. The van der Waals surface area contributed by atoms with E-state index < -0.39 is 24.5 Å². The van der Waals surface area contributed by atoms with Gasteiger partial charge >= 0.3 is 18.0 Å². The van der Waals surface area contributed by atoms with Crippen molar-refractivity contribution in [2.75, 3.05) is 40.5 Å². The Labute approximate surface area is 98.5 Å². The highest BCUT2D eigenvalue weighted by Crippen LogP contribution is 1.90. The first kappa shape index (κ1) is 15.2. The van der Waals surface area contributed by atoms with Crippen molar-refractivity contribution in [3.63, 3.8) is 0 Å². The number of ether oxygens (including phenoxy) is 2. The zero-order chi connectivity index (χ0) is 13.3. The van der Waals surface area contributed by atoms with E-state index in [1.807, 2.05) is 0 Å². The molecule has 98 valence electrons. The topological polar surface area (TPSA) is 105 Å². The van der Waals surface area contributed by atoms with Crippen LogP contribution in [0.3, 0.4) is 0 Å². The lowest BCUT2D eigenvalue weighted by Gasteiger charge is -2.20. The molecular formula is C9H16N2O6. The van der Waals surface area contributed by atoms with E-state index in [-0.39, 0.29) is 19.7 Å². The van der Waals surface area contributed by atoms with Crippen LogP contribution in [0.15, 0.2) is 0 Å². The number of rotatable bonds is 7. The summed E-state index contributed by atoms with van der Waals surface area (Å²) in [5.74, 6) is -1.75. The van der Waals surface area contributed by atoms with Gasteiger partial charge in [-0.15, -0.1) is 0 Å². The van der Waals surface area contributed by atoms with Crippen LogP contribution in [0.4, 0.5) is 4.79 Å². The van der Waals surface area contributed by atoms with Crippen LogP contribution in [0.5, 0.6) is 0 Å². The van der Waals surface area contributed by atoms with Crippen LogP contribution < -0.4 is 5.32 Å². The van der Waals surface area contributed by atoms with Crippen LogP contribution in [0.25, 0.3) is 0 Å². The number of esters is 1. The van der Waals surface area contributed by atoms with Crippen molar-refractivity contribution in [3.05, 3.63) is 0 Å². The number of nitrogens with one attached hydrogen (secondary N) is 1. The number of hydrogen-bond donors (Lipinski definition) is 2. The third-order valence-electron chi connectivity index (χ3n) is 1.79. The molecule has 0 aliphatic carbocycles. The summed E-state index contributed by atoms with van der Waals surface area (Å²) in [6.45, 7) is -0.441. The monoisotopic (exact) mass is 248 g/mol. The predicted molar refractivity (Wildman–Crippen MR) is 56.5 cm³/mol. The molecule has 2 amide bonds. The fourth-order valence-corrected chi connectivity index (χ4v) is 0.949. The molecule has 0 spiro atoms. The van der Waals surface area contributed by atoms with Crippen molar-refractivity contribution in [2.45, 2.75) is 0 Å². The van der Waals surface area contributed by atoms with Gasteiger partial charge in [-0.05, 0) is 0 Å². The molecule has 0 bridgehead atoms. The second-order valence-corrected chi connectivity index (χ2v) is 3.04. The van der Waals surface area contributed by atoms with Gasteiger partial charge in [0.05, 0.1) is 13.7 Å². The summed E-state index contributed by atoms with van der Waals surface area (Å²) < 4.78 is 9.07. The Morgan fingerprint density at radius 2 is 1.94 bits per heavy atom. The van der Waals surface area contributed by atoms with E-state index in [1.54, 1.807) is 0 Å². The largest absolute Gasteiger partial charge is 0.480 e. The van der Waals surface area contributed by atoms with Crippen LogP contribution in [0.2, 0.25) is 0 Å². The summed E-state index contributed by atoms with van der Waals surface area (Å²) in [5, 5.41) is 10.8. The number of aliphatic carboxylic acids is 1. The third kappa shape index (κ3) is 7.12. The first-order chi connectivity index (χ1) is 8.01. The van der Waals surface area contributed by atoms with Crippen LogP contribution in [-0.4, -0.2) is 68.4 Å². The first-order valence-electron chi connectivity index (χ1n) is 4.81. The van der Waals surface area contributed by atoms with Crippen molar-refractivity contribution < 1.29 is 29.0 Å². The van der Waals surface area contributed by atoms with Gasteiger partial charge in [-0.3, -0.25) is 9.59 Å². The molecule has 0 radical (unpaired) electrons. The van der Waals surface area contributed by atoms with E-state index in [0.717, 1.165) is 4.90 Å². The molecule has 0 aliphatic rings. The third-order valence-corrected chi connectivity index (χ3v) is 1.79. The minimum absolute atomic E-state index is 0.121. The summed E-state index contributed by atoms with van der Waals surface area (Å²) >= 11 is 0. The Hall–Kier alpha value is -1.83. The predicted octanol–water partition coefficient (Wildman–Crippen LogP) is -1.10. The second-order valence-electron chi connectivity index (χ2n) is 3.04. The van der Waals surface area contributed by atoms with Gasteiger partial charge in [0.2, 0.25) is 0 Å². The lowest BCUT2D eigenvalue weighted by Crippen LogP contribution is -2.45. The minimum Gasteiger partial charge on any atom is -0.480 e. The Kier molecular flexibility index (Phi) is 7.44. The molecule has 0 atom stereocenters. The quantitative estimate of drug-likeness (QED) is 0.554. The van der Waals surface area contributed by atoms with E-state index in [2.05, 4.69) is 10.1 Å². The molecule has 0 aromatic rings. The molecule has 0 rings (SSSR count). The van der Waals surface area contributed by atoms with Crippen molar-refractivity contribution in [2.24, 2.45) is 0 Å².